The van der Waals surface area contributed by atoms with Crippen LogP contribution in [0.15, 0.2) is 48.0 Å². The Morgan fingerprint density at radius 1 is 0.926 bits per heavy atom. The lowest BCUT2D eigenvalue weighted by molar-refractivity contribution is 0.253. The quantitative estimate of drug-likeness (QED) is 0.291. The van der Waals surface area contributed by atoms with Crippen LogP contribution in [0.1, 0.15) is 60.4 Å². The third-order valence-electron chi connectivity index (χ3n) is 5.84. The first-order valence-corrected chi connectivity index (χ1v) is 16.3. The number of aryl methyl sites for hydroxylation is 1. The summed E-state index contributed by atoms with van der Waals surface area (Å²) in [5.41, 5.74) is 10.6. The summed E-state index contributed by atoms with van der Waals surface area (Å²) in [5.74, 6) is 0. The van der Waals surface area contributed by atoms with Gasteiger partial charge in [-0.1, -0.05) is 66.9 Å². The molecule has 1 aliphatic carbocycles. The van der Waals surface area contributed by atoms with Crippen molar-refractivity contribution in [1.29, 1.82) is 0 Å². The summed E-state index contributed by atoms with van der Waals surface area (Å²) < 4.78 is 0. The van der Waals surface area contributed by atoms with Gasteiger partial charge in [-0.2, -0.15) is 0 Å². The Kier molecular flexibility index (Phi) is 8.21. The van der Waals surface area contributed by atoms with E-state index in [-0.39, 0.29) is 0 Å². The van der Waals surface area contributed by atoms with Crippen LogP contribution in [0.3, 0.4) is 0 Å². The average molecular weight is 585 g/mol. The first-order valence-electron chi connectivity index (χ1n) is 10.0. The van der Waals surface area contributed by atoms with Crippen molar-refractivity contribution in [2.75, 3.05) is 19.6 Å². The Morgan fingerprint density at radius 3 is 2.37 bits per heavy atom. The number of halogens is 2. The van der Waals surface area contributed by atoms with E-state index in [1.165, 1.54) is 73.1 Å². The van der Waals surface area contributed by atoms with Crippen LogP contribution in [-0.4, -0.2) is 24.5 Å². The molecule has 0 spiro atoms. The van der Waals surface area contributed by atoms with Crippen LogP contribution >= 0.6 is 37.2 Å². The minimum absolute atomic E-state index is 1.07. The number of unbranched alkanes of at least 4 members (excludes halogenated alkanes) is 1. The summed E-state index contributed by atoms with van der Waals surface area (Å²) in [4.78, 5) is 2.65. The molecular weight excluding hydrogens is 556 g/mol. The SMILES string of the molecule is CCCCN1CCC(=C2c3ccccc3Cc3ccc(C)cc32)CC1.II. The summed E-state index contributed by atoms with van der Waals surface area (Å²) in [6.45, 7) is 8.22. The molecular formula is C24H29I2N. The van der Waals surface area contributed by atoms with Crippen LogP contribution < -0.4 is 0 Å². The molecule has 2 aliphatic rings. The zero-order chi connectivity index (χ0) is 19.2. The Morgan fingerprint density at radius 2 is 1.63 bits per heavy atom. The third kappa shape index (κ3) is 4.96. The number of fused-ring (bicyclic) bond motifs is 2. The van der Waals surface area contributed by atoms with Gasteiger partial charge < -0.3 is 4.90 Å². The Bertz CT molecular complexity index is 800. The van der Waals surface area contributed by atoms with Crippen LogP contribution in [0.25, 0.3) is 5.57 Å². The van der Waals surface area contributed by atoms with Gasteiger partial charge in [-0.15, -0.1) is 0 Å². The molecule has 0 unspecified atom stereocenters. The van der Waals surface area contributed by atoms with Gasteiger partial charge in [-0.25, -0.2) is 0 Å². The summed E-state index contributed by atoms with van der Waals surface area (Å²) >= 11 is 4.24. The van der Waals surface area contributed by atoms with E-state index in [4.69, 9.17) is 0 Å². The van der Waals surface area contributed by atoms with Crippen molar-refractivity contribution in [3.05, 3.63) is 75.9 Å². The second-order valence-corrected chi connectivity index (χ2v) is 7.67. The maximum absolute atomic E-state index is 2.65. The van der Waals surface area contributed by atoms with E-state index in [2.05, 4.69) is 98.4 Å². The first-order chi connectivity index (χ1) is 13.3. The standard InChI is InChI=1S/C24H29N.I2/c1-3-4-13-25-14-11-19(12-15-25)24-22-8-6-5-7-20(22)17-21-10-9-18(2)16-23(21)24;1-2/h5-10,16H,3-4,11-15,17H2,1-2H3;. The van der Waals surface area contributed by atoms with Gasteiger partial charge in [0.2, 0.25) is 0 Å². The molecule has 1 saturated heterocycles. The Hall–Kier alpha value is -0.400. The molecule has 1 fully saturated rings. The van der Waals surface area contributed by atoms with Crippen LogP contribution in [0.5, 0.6) is 0 Å². The van der Waals surface area contributed by atoms with Crippen molar-refractivity contribution in [2.45, 2.75) is 46.0 Å². The van der Waals surface area contributed by atoms with Crippen molar-refractivity contribution >= 4 is 42.8 Å². The summed E-state index contributed by atoms with van der Waals surface area (Å²) in [6, 6.07) is 16.1. The molecule has 1 nitrogen and oxygen atoms in total. The maximum Gasteiger partial charge on any atom is 0.00190 e. The average Bonchev–Trinajstić information content (AvgIpc) is 2.72. The molecule has 3 heteroatoms. The first kappa shape index (κ1) is 21.3. The summed E-state index contributed by atoms with van der Waals surface area (Å²) in [5, 5.41) is 0. The van der Waals surface area contributed by atoms with E-state index in [1.807, 2.05) is 0 Å². The van der Waals surface area contributed by atoms with Gasteiger partial charge in [0.25, 0.3) is 0 Å². The zero-order valence-electron chi connectivity index (χ0n) is 16.4. The van der Waals surface area contributed by atoms with Gasteiger partial charge in [0.1, 0.15) is 0 Å². The Balaban J connectivity index is 0.00000102. The smallest absolute Gasteiger partial charge is 0.00190 e. The molecule has 0 N–H and O–H groups in total. The molecule has 0 saturated carbocycles. The third-order valence-corrected chi connectivity index (χ3v) is 5.84. The maximum atomic E-state index is 2.65. The fourth-order valence-electron chi connectivity index (χ4n) is 4.40. The molecule has 2 aromatic rings. The fraction of sp³-hybridized carbons (Fsp3) is 0.417. The molecule has 2 aromatic carbocycles. The number of hydrogen-bond acceptors (Lipinski definition) is 1. The lowest BCUT2D eigenvalue weighted by atomic mass is 9.78. The molecule has 0 bridgehead atoms. The highest BCUT2D eigenvalue weighted by molar-refractivity contribution is 15.0. The normalized spacial score (nSPS) is 16.3. The number of nitrogens with zero attached hydrogens (tertiary/aromatic N) is 1. The van der Waals surface area contributed by atoms with E-state index in [0.29, 0.717) is 0 Å². The van der Waals surface area contributed by atoms with Gasteiger partial charge in [-0.3, -0.25) is 0 Å². The molecule has 0 amide bonds. The van der Waals surface area contributed by atoms with E-state index < -0.39 is 0 Å². The molecule has 0 aromatic heterocycles. The van der Waals surface area contributed by atoms with Gasteiger partial charge in [-0.05, 0) is 67.0 Å². The largest absolute Gasteiger partial charge is 0.303 e. The summed E-state index contributed by atoms with van der Waals surface area (Å²) in [6.07, 6.45) is 6.15. The van der Waals surface area contributed by atoms with E-state index in [1.54, 1.807) is 11.1 Å². The van der Waals surface area contributed by atoms with Crippen molar-refractivity contribution in [1.82, 2.24) is 4.90 Å². The fourth-order valence-corrected chi connectivity index (χ4v) is 4.40. The van der Waals surface area contributed by atoms with Crippen LogP contribution in [0.4, 0.5) is 0 Å². The monoisotopic (exact) mass is 585 g/mol. The lowest BCUT2D eigenvalue weighted by Gasteiger charge is -2.32. The van der Waals surface area contributed by atoms with E-state index in [0.717, 1.165) is 6.42 Å². The molecule has 4 rings (SSSR count). The molecule has 27 heavy (non-hydrogen) atoms. The Labute approximate surface area is 187 Å². The van der Waals surface area contributed by atoms with Crippen LogP contribution in [0, 0.1) is 6.92 Å². The second kappa shape index (κ2) is 10.4. The summed E-state index contributed by atoms with van der Waals surface area (Å²) in [7, 11) is 0. The molecule has 1 heterocycles. The predicted octanol–water partition coefficient (Wildman–Crippen LogP) is 7.37. The molecule has 0 radical (unpaired) electrons. The minimum atomic E-state index is 1.07. The highest BCUT2D eigenvalue weighted by Gasteiger charge is 2.25. The van der Waals surface area contributed by atoms with Crippen molar-refractivity contribution < 1.29 is 0 Å². The number of hydrogen-bond donors (Lipinski definition) is 0. The predicted molar refractivity (Wildman–Crippen MR) is 135 cm³/mol. The zero-order valence-corrected chi connectivity index (χ0v) is 20.7. The number of piperidine rings is 1. The van der Waals surface area contributed by atoms with Gasteiger partial charge in [0.15, 0.2) is 0 Å². The van der Waals surface area contributed by atoms with Gasteiger partial charge in [0.05, 0.1) is 0 Å². The minimum Gasteiger partial charge on any atom is -0.303 e. The highest BCUT2D eigenvalue weighted by atomic mass is 128. The van der Waals surface area contributed by atoms with Gasteiger partial charge >= 0.3 is 0 Å². The highest BCUT2D eigenvalue weighted by Crippen LogP contribution is 2.40. The van der Waals surface area contributed by atoms with E-state index >= 15 is 0 Å². The number of rotatable bonds is 3. The van der Waals surface area contributed by atoms with E-state index in [9.17, 15) is 0 Å². The number of likely N-dealkylation sites (tertiary alicyclic amines) is 1. The molecule has 144 valence electrons. The van der Waals surface area contributed by atoms with Crippen molar-refractivity contribution in [3.63, 3.8) is 0 Å². The number of benzene rings is 2. The second-order valence-electron chi connectivity index (χ2n) is 7.67. The van der Waals surface area contributed by atoms with Crippen molar-refractivity contribution in [3.8, 4) is 0 Å². The van der Waals surface area contributed by atoms with Crippen molar-refractivity contribution in [2.24, 2.45) is 0 Å². The van der Waals surface area contributed by atoms with Crippen LogP contribution in [0.2, 0.25) is 0 Å². The molecule has 1 aliphatic heterocycles. The van der Waals surface area contributed by atoms with Gasteiger partial charge in [0, 0.05) is 50.3 Å². The van der Waals surface area contributed by atoms with Crippen LogP contribution in [-0.2, 0) is 6.42 Å². The topological polar surface area (TPSA) is 3.24 Å². The lowest BCUT2D eigenvalue weighted by Crippen LogP contribution is -2.32. The molecule has 0 atom stereocenters.